The van der Waals surface area contributed by atoms with E-state index in [2.05, 4.69) is 15.3 Å². The highest BCUT2D eigenvalue weighted by Crippen LogP contribution is 2.22. The van der Waals surface area contributed by atoms with Gasteiger partial charge in [-0.15, -0.1) is 0 Å². The highest BCUT2D eigenvalue weighted by atomic mass is 19.1. The van der Waals surface area contributed by atoms with E-state index in [1.807, 2.05) is 31.2 Å². The number of carbonyl (C=O) groups excluding carboxylic acids is 1. The summed E-state index contributed by atoms with van der Waals surface area (Å²) < 4.78 is 13.5. The molecular weight excluding hydrogens is 307 g/mol. The van der Waals surface area contributed by atoms with Crippen molar-refractivity contribution in [2.75, 3.05) is 23.8 Å². The number of likely N-dealkylation sites (N-methyl/N-ethyl adjacent to an activating group) is 1. The van der Waals surface area contributed by atoms with E-state index in [4.69, 9.17) is 0 Å². The van der Waals surface area contributed by atoms with Gasteiger partial charge in [-0.05, 0) is 37.3 Å². The lowest BCUT2D eigenvalue weighted by molar-refractivity contribution is -0.114. The van der Waals surface area contributed by atoms with Crippen LogP contribution in [-0.4, -0.2) is 29.5 Å². The van der Waals surface area contributed by atoms with Crippen LogP contribution in [0, 0.1) is 12.7 Å². The topological polar surface area (TPSA) is 58.1 Å². The van der Waals surface area contributed by atoms with Crippen LogP contribution >= 0.6 is 0 Å². The van der Waals surface area contributed by atoms with Crippen LogP contribution in [-0.2, 0) is 4.79 Å². The van der Waals surface area contributed by atoms with Gasteiger partial charge in [-0.1, -0.05) is 17.7 Å². The van der Waals surface area contributed by atoms with Gasteiger partial charge in [-0.25, -0.2) is 14.4 Å². The maximum absolute atomic E-state index is 13.5. The van der Waals surface area contributed by atoms with Crippen molar-refractivity contribution in [1.29, 1.82) is 0 Å². The first-order chi connectivity index (χ1) is 11.5. The largest absolute Gasteiger partial charge is 0.350 e. The number of nitrogens with zero attached hydrogens (tertiary/aromatic N) is 3. The Labute approximate surface area is 139 Å². The SMILES string of the molecule is Cc1ccc(NC(=O)CN(C)c2ncnc3ccc(F)cc23)cc1. The molecule has 0 saturated heterocycles. The lowest BCUT2D eigenvalue weighted by Crippen LogP contribution is -2.30. The molecule has 5 nitrogen and oxygen atoms in total. The van der Waals surface area contributed by atoms with Gasteiger partial charge < -0.3 is 10.2 Å². The van der Waals surface area contributed by atoms with Gasteiger partial charge >= 0.3 is 0 Å². The van der Waals surface area contributed by atoms with Crippen molar-refractivity contribution < 1.29 is 9.18 Å². The molecule has 0 unspecified atom stereocenters. The highest BCUT2D eigenvalue weighted by molar-refractivity contribution is 5.96. The summed E-state index contributed by atoms with van der Waals surface area (Å²) in [6.45, 7) is 2.08. The number of rotatable bonds is 4. The molecule has 24 heavy (non-hydrogen) atoms. The molecular formula is C18H17FN4O. The van der Waals surface area contributed by atoms with Gasteiger partial charge in [0.2, 0.25) is 5.91 Å². The van der Waals surface area contributed by atoms with E-state index in [1.165, 1.54) is 18.5 Å². The average Bonchev–Trinajstić information content (AvgIpc) is 2.56. The van der Waals surface area contributed by atoms with Crippen molar-refractivity contribution >= 4 is 28.3 Å². The van der Waals surface area contributed by atoms with E-state index < -0.39 is 0 Å². The Morgan fingerprint density at radius 1 is 1.17 bits per heavy atom. The normalized spacial score (nSPS) is 10.6. The molecule has 1 heterocycles. The Balaban J connectivity index is 1.77. The zero-order chi connectivity index (χ0) is 17.1. The Kier molecular flexibility index (Phi) is 4.37. The molecule has 3 aromatic rings. The molecule has 2 aromatic carbocycles. The first-order valence-electron chi connectivity index (χ1n) is 7.51. The summed E-state index contributed by atoms with van der Waals surface area (Å²) in [5.41, 5.74) is 2.49. The number of aromatic nitrogens is 2. The van der Waals surface area contributed by atoms with Gasteiger partial charge in [0.05, 0.1) is 12.1 Å². The van der Waals surface area contributed by atoms with Crippen LogP contribution in [0.15, 0.2) is 48.8 Å². The number of nitrogens with one attached hydrogen (secondary N) is 1. The molecule has 0 fully saturated rings. The summed E-state index contributed by atoms with van der Waals surface area (Å²) in [7, 11) is 1.74. The summed E-state index contributed by atoms with van der Waals surface area (Å²) in [6, 6.07) is 11.9. The number of hydrogen-bond donors (Lipinski definition) is 1. The number of carbonyl (C=O) groups is 1. The van der Waals surface area contributed by atoms with Crippen molar-refractivity contribution in [2.45, 2.75) is 6.92 Å². The van der Waals surface area contributed by atoms with E-state index in [1.54, 1.807) is 18.0 Å². The smallest absolute Gasteiger partial charge is 0.243 e. The minimum Gasteiger partial charge on any atom is -0.350 e. The molecule has 1 aromatic heterocycles. The molecule has 122 valence electrons. The van der Waals surface area contributed by atoms with Crippen LogP contribution in [0.25, 0.3) is 10.9 Å². The number of fused-ring (bicyclic) bond motifs is 1. The number of anilines is 2. The van der Waals surface area contributed by atoms with Crippen LogP contribution in [0.1, 0.15) is 5.56 Å². The molecule has 1 amide bonds. The third-order valence-corrected chi connectivity index (χ3v) is 3.65. The van der Waals surface area contributed by atoms with E-state index in [0.717, 1.165) is 11.3 Å². The minimum atomic E-state index is -0.365. The fourth-order valence-corrected chi connectivity index (χ4v) is 2.45. The fourth-order valence-electron chi connectivity index (χ4n) is 2.45. The predicted molar refractivity (Wildman–Crippen MR) is 92.6 cm³/mol. The lowest BCUT2D eigenvalue weighted by atomic mass is 10.2. The van der Waals surface area contributed by atoms with Gasteiger partial charge in [0.25, 0.3) is 0 Å². The monoisotopic (exact) mass is 324 g/mol. The summed E-state index contributed by atoms with van der Waals surface area (Å²) >= 11 is 0. The number of aryl methyl sites for hydroxylation is 1. The fraction of sp³-hybridized carbons (Fsp3) is 0.167. The molecule has 6 heteroatoms. The van der Waals surface area contributed by atoms with Gasteiger partial charge in [0, 0.05) is 18.1 Å². The Morgan fingerprint density at radius 2 is 1.92 bits per heavy atom. The number of amides is 1. The standard InChI is InChI=1S/C18H17FN4O/c1-12-3-6-14(7-4-12)22-17(24)10-23(2)18-15-9-13(19)5-8-16(15)20-11-21-18/h3-9,11H,10H2,1-2H3,(H,22,24). The number of benzene rings is 2. The van der Waals surface area contributed by atoms with E-state index in [-0.39, 0.29) is 18.3 Å². The first-order valence-corrected chi connectivity index (χ1v) is 7.51. The number of hydrogen-bond acceptors (Lipinski definition) is 4. The zero-order valence-electron chi connectivity index (χ0n) is 13.5. The molecule has 0 aliphatic heterocycles. The summed E-state index contributed by atoms with van der Waals surface area (Å²) in [6.07, 6.45) is 1.41. The predicted octanol–water partition coefficient (Wildman–Crippen LogP) is 3.15. The second kappa shape index (κ2) is 6.62. The maximum Gasteiger partial charge on any atom is 0.243 e. The summed E-state index contributed by atoms with van der Waals surface area (Å²) in [5.74, 6) is -0.0286. The molecule has 0 spiro atoms. The molecule has 3 rings (SSSR count). The first kappa shape index (κ1) is 15.9. The van der Waals surface area contributed by atoms with Crippen LogP contribution in [0.3, 0.4) is 0 Å². The third-order valence-electron chi connectivity index (χ3n) is 3.65. The maximum atomic E-state index is 13.5. The second-order valence-electron chi connectivity index (χ2n) is 5.63. The molecule has 0 radical (unpaired) electrons. The Hall–Kier alpha value is -3.02. The third kappa shape index (κ3) is 3.48. The van der Waals surface area contributed by atoms with Gasteiger partial charge in [0.1, 0.15) is 18.0 Å². The van der Waals surface area contributed by atoms with Crippen LogP contribution in [0.2, 0.25) is 0 Å². The highest BCUT2D eigenvalue weighted by Gasteiger charge is 2.13. The van der Waals surface area contributed by atoms with Crippen molar-refractivity contribution in [1.82, 2.24) is 9.97 Å². The van der Waals surface area contributed by atoms with Gasteiger partial charge in [-0.3, -0.25) is 4.79 Å². The molecule has 0 atom stereocenters. The van der Waals surface area contributed by atoms with Crippen molar-refractivity contribution in [2.24, 2.45) is 0 Å². The number of halogens is 1. The van der Waals surface area contributed by atoms with E-state index in [9.17, 15) is 9.18 Å². The summed E-state index contributed by atoms with van der Waals surface area (Å²) in [5, 5.41) is 3.40. The minimum absolute atomic E-state index is 0.0938. The Bertz CT molecular complexity index is 880. The van der Waals surface area contributed by atoms with Crippen LogP contribution in [0.4, 0.5) is 15.9 Å². The average molecular weight is 324 g/mol. The van der Waals surface area contributed by atoms with Gasteiger partial charge in [0.15, 0.2) is 0 Å². The van der Waals surface area contributed by atoms with Crippen molar-refractivity contribution in [3.63, 3.8) is 0 Å². The lowest BCUT2D eigenvalue weighted by Gasteiger charge is -2.19. The van der Waals surface area contributed by atoms with Crippen LogP contribution < -0.4 is 10.2 Å². The van der Waals surface area contributed by atoms with Crippen molar-refractivity contribution in [3.8, 4) is 0 Å². The van der Waals surface area contributed by atoms with Gasteiger partial charge in [-0.2, -0.15) is 0 Å². The van der Waals surface area contributed by atoms with E-state index in [0.29, 0.717) is 16.7 Å². The summed E-state index contributed by atoms with van der Waals surface area (Å²) in [4.78, 5) is 22.2. The second-order valence-corrected chi connectivity index (χ2v) is 5.63. The zero-order valence-corrected chi connectivity index (χ0v) is 13.5. The molecule has 0 bridgehead atoms. The van der Waals surface area contributed by atoms with Crippen molar-refractivity contribution in [3.05, 3.63) is 60.2 Å². The molecule has 0 aliphatic rings. The molecule has 0 aliphatic carbocycles. The molecule has 1 N–H and O–H groups in total. The quantitative estimate of drug-likeness (QED) is 0.801. The molecule has 0 saturated carbocycles. The van der Waals surface area contributed by atoms with Crippen LogP contribution in [0.5, 0.6) is 0 Å². The van der Waals surface area contributed by atoms with E-state index >= 15 is 0 Å². The Morgan fingerprint density at radius 3 is 2.67 bits per heavy atom.